The average Bonchev–Trinajstić information content (AvgIpc) is 2.89. The largest absolute Gasteiger partial charge is 0.512 e. The number of pyridine rings is 1. The van der Waals surface area contributed by atoms with Gasteiger partial charge in [0.15, 0.2) is 5.78 Å². The molecule has 0 bridgehead atoms. The molecule has 0 aliphatic heterocycles. The van der Waals surface area contributed by atoms with E-state index in [0.717, 1.165) is 31.4 Å². The van der Waals surface area contributed by atoms with Crippen molar-refractivity contribution in [1.82, 2.24) is 4.98 Å². The predicted octanol–water partition coefficient (Wildman–Crippen LogP) is 9.75. The van der Waals surface area contributed by atoms with Crippen molar-refractivity contribution >= 4 is 16.6 Å². The minimum Gasteiger partial charge on any atom is -0.512 e. The molecular formula is C36H48IrNO2-. The Labute approximate surface area is 256 Å². The van der Waals surface area contributed by atoms with Gasteiger partial charge in [0.2, 0.25) is 0 Å². The number of ketones is 1. The van der Waals surface area contributed by atoms with E-state index < -0.39 is 0 Å². The fraction of sp³-hybridized carbons (Fsp3) is 0.500. The van der Waals surface area contributed by atoms with Crippen molar-refractivity contribution in [3.8, 4) is 11.3 Å². The number of nitrogens with zero attached hydrogens (tertiary/aromatic N) is 1. The van der Waals surface area contributed by atoms with Gasteiger partial charge in [-0.1, -0.05) is 103 Å². The normalized spacial score (nSPS) is 15.2. The van der Waals surface area contributed by atoms with E-state index in [1.54, 1.807) is 0 Å². The van der Waals surface area contributed by atoms with Gasteiger partial charge in [-0.25, -0.2) is 0 Å². The van der Waals surface area contributed by atoms with E-state index in [1.165, 1.54) is 44.7 Å². The molecule has 4 rings (SSSR count). The first-order chi connectivity index (χ1) is 18.3. The zero-order valence-corrected chi connectivity index (χ0v) is 28.6. The van der Waals surface area contributed by atoms with Crippen LogP contribution < -0.4 is 0 Å². The van der Waals surface area contributed by atoms with Crippen LogP contribution in [0.3, 0.4) is 0 Å². The van der Waals surface area contributed by atoms with Gasteiger partial charge in [0.05, 0.1) is 5.76 Å². The minimum absolute atomic E-state index is 0. The van der Waals surface area contributed by atoms with Crippen molar-refractivity contribution < 1.29 is 30.0 Å². The van der Waals surface area contributed by atoms with E-state index >= 15 is 0 Å². The Morgan fingerprint density at radius 2 is 1.55 bits per heavy atom. The maximum absolute atomic E-state index is 11.7. The number of carbonyl (C=O) groups excluding carboxylic acids is 1. The summed E-state index contributed by atoms with van der Waals surface area (Å²) in [6.45, 7) is 21.9. The summed E-state index contributed by atoms with van der Waals surface area (Å²) in [5.74, 6) is 0.547. The molecule has 0 unspecified atom stereocenters. The quantitative estimate of drug-likeness (QED) is 0.150. The smallest absolute Gasteiger partial charge is 0.162 e. The summed E-state index contributed by atoms with van der Waals surface area (Å²) in [5, 5.41) is 12.3. The molecule has 0 atom stereocenters. The maximum atomic E-state index is 11.7. The molecule has 0 saturated heterocycles. The number of rotatable bonds is 7. The van der Waals surface area contributed by atoms with Crippen LogP contribution >= 0.6 is 0 Å². The number of fused-ring (bicyclic) bond motifs is 4. The van der Waals surface area contributed by atoms with Crippen LogP contribution in [0.1, 0.15) is 103 Å². The first-order valence-corrected chi connectivity index (χ1v) is 14.7. The van der Waals surface area contributed by atoms with E-state index in [2.05, 4.69) is 77.9 Å². The molecule has 1 aliphatic carbocycles. The first-order valence-electron chi connectivity index (χ1n) is 14.7. The monoisotopic (exact) mass is 719 g/mol. The van der Waals surface area contributed by atoms with Gasteiger partial charge < -0.3 is 5.11 Å². The van der Waals surface area contributed by atoms with Gasteiger partial charge in [-0.05, 0) is 55.1 Å². The van der Waals surface area contributed by atoms with Crippen molar-refractivity contribution in [2.75, 3.05) is 0 Å². The van der Waals surface area contributed by atoms with E-state index in [0.29, 0.717) is 0 Å². The fourth-order valence-corrected chi connectivity index (χ4v) is 6.09. The van der Waals surface area contributed by atoms with Gasteiger partial charge >= 0.3 is 0 Å². The summed E-state index contributed by atoms with van der Waals surface area (Å²) in [6.07, 6.45) is 6.81. The van der Waals surface area contributed by atoms with Crippen LogP contribution in [0.25, 0.3) is 22.0 Å². The Morgan fingerprint density at radius 1 is 0.950 bits per heavy atom. The third-order valence-corrected chi connectivity index (χ3v) is 9.45. The molecule has 3 nitrogen and oxygen atoms in total. The Hall–Kier alpha value is -2.29. The fourth-order valence-electron chi connectivity index (χ4n) is 6.09. The summed E-state index contributed by atoms with van der Waals surface area (Å²) in [6, 6.07) is 14.6. The van der Waals surface area contributed by atoms with Gasteiger partial charge in [-0.3, -0.25) is 9.78 Å². The molecule has 4 heteroatoms. The second-order valence-electron chi connectivity index (χ2n) is 12.2. The molecule has 0 fully saturated rings. The topological polar surface area (TPSA) is 50.2 Å². The number of carbonyl (C=O) groups is 1. The molecular weight excluding hydrogens is 671 g/mol. The SMILES string of the molecule is CCC(CC)C(=O)/C=C(\O)C(CC)CC.Cc1ccc2[c-]c3c(c(C)c2c1)C(C)(C)C(C)(C)c1cccnc1-3.[Ir]. The third-order valence-electron chi connectivity index (χ3n) is 9.45. The first kappa shape index (κ1) is 33.9. The van der Waals surface area contributed by atoms with Gasteiger partial charge in [-0.2, -0.15) is 0 Å². The third kappa shape index (κ3) is 6.29. The summed E-state index contributed by atoms with van der Waals surface area (Å²) in [4.78, 5) is 16.5. The average molecular weight is 719 g/mol. The van der Waals surface area contributed by atoms with Crippen molar-refractivity contribution in [2.45, 2.75) is 106 Å². The second kappa shape index (κ2) is 13.6. The van der Waals surface area contributed by atoms with Crippen molar-refractivity contribution in [3.63, 3.8) is 0 Å². The Kier molecular flexibility index (Phi) is 11.5. The van der Waals surface area contributed by atoms with E-state index in [4.69, 9.17) is 4.98 Å². The molecule has 1 N–H and O–H groups in total. The Bertz CT molecular complexity index is 1360. The summed E-state index contributed by atoms with van der Waals surface area (Å²) in [5.41, 5.74) is 7.70. The van der Waals surface area contributed by atoms with Crippen LogP contribution in [-0.4, -0.2) is 15.9 Å². The van der Waals surface area contributed by atoms with E-state index in [1.807, 2.05) is 33.9 Å². The number of hydrogen-bond donors (Lipinski definition) is 1. The van der Waals surface area contributed by atoms with Crippen LogP contribution in [0, 0.1) is 31.7 Å². The molecule has 2 aromatic carbocycles. The molecule has 0 saturated carbocycles. The van der Waals surface area contributed by atoms with Crippen LogP contribution in [-0.2, 0) is 35.7 Å². The Balaban J connectivity index is 0.000000307. The number of benzene rings is 2. The van der Waals surface area contributed by atoms with E-state index in [9.17, 15) is 9.90 Å². The zero-order valence-electron chi connectivity index (χ0n) is 26.2. The number of aryl methyl sites for hydroxylation is 2. The summed E-state index contributed by atoms with van der Waals surface area (Å²) < 4.78 is 0. The Morgan fingerprint density at radius 3 is 2.12 bits per heavy atom. The predicted molar refractivity (Wildman–Crippen MR) is 165 cm³/mol. The van der Waals surface area contributed by atoms with Gasteiger partial charge in [0.1, 0.15) is 0 Å². The number of aromatic nitrogens is 1. The molecule has 0 spiro atoms. The summed E-state index contributed by atoms with van der Waals surface area (Å²) in [7, 11) is 0. The molecule has 3 aromatic rings. The minimum atomic E-state index is 0. The van der Waals surface area contributed by atoms with Gasteiger partial charge in [-0.15, -0.1) is 23.1 Å². The molecule has 1 heterocycles. The van der Waals surface area contributed by atoms with Crippen molar-refractivity contribution in [3.05, 3.63) is 76.7 Å². The molecule has 40 heavy (non-hydrogen) atoms. The van der Waals surface area contributed by atoms with Crippen LogP contribution in [0.2, 0.25) is 0 Å². The standard InChI is InChI=1S/C23H24N.C13H24O2.Ir/c1-14-9-10-16-13-18-20(15(2)17(16)12-14)23(5,6)22(3,4)19-8-7-11-24-21(18)19;1-5-10(6-2)12(14)9-13(15)11(7-3)8-4;/h7-12H,1-6H3;9-11,14H,5-8H2,1-4H3;/q-1;;/b;12-9-;. The van der Waals surface area contributed by atoms with Crippen LogP contribution in [0.4, 0.5) is 0 Å². The van der Waals surface area contributed by atoms with Crippen molar-refractivity contribution in [2.24, 2.45) is 11.8 Å². The second-order valence-corrected chi connectivity index (χ2v) is 12.2. The number of aliphatic hydroxyl groups excluding tert-OH is 1. The number of aliphatic hydroxyl groups is 1. The molecule has 1 radical (unpaired) electrons. The van der Waals surface area contributed by atoms with Gasteiger partial charge in [0, 0.05) is 49.9 Å². The molecule has 1 aromatic heterocycles. The number of hydrogen-bond acceptors (Lipinski definition) is 3. The van der Waals surface area contributed by atoms with E-state index in [-0.39, 0.29) is 54.3 Å². The number of allylic oxidation sites excluding steroid dienone is 2. The summed E-state index contributed by atoms with van der Waals surface area (Å²) >= 11 is 0. The van der Waals surface area contributed by atoms with Crippen LogP contribution in [0.15, 0.2) is 48.4 Å². The zero-order chi connectivity index (χ0) is 29.1. The molecule has 1 aliphatic rings. The molecule has 219 valence electrons. The van der Waals surface area contributed by atoms with Gasteiger partial charge in [0.25, 0.3) is 0 Å². The van der Waals surface area contributed by atoms with Crippen molar-refractivity contribution in [1.29, 1.82) is 0 Å². The maximum Gasteiger partial charge on any atom is 0.162 e. The molecule has 0 amide bonds. The van der Waals surface area contributed by atoms with Crippen LogP contribution in [0.5, 0.6) is 0 Å².